The van der Waals surface area contributed by atoms with E-state index in [9.17, 15) is 4.79 Å². The highest BCUT2D eigenvalue weighted by atomic mass is 16.5. The summed E-state index contributed by atoms with van der Waals surface area (Å²) in [6.07, 6.45) is 3.95. The average Bonchev–Trinajstić information content (AvgIpc) is 2.99. The van der Waals surface area contributed by atoms with Gasteiger partial charge < -0.3 is 14.2 Å². The number of aromatic nitrogens is 2. The molecule has 19 heavy (non-hydrogen) atoms. The first-order valence-corrected chi connectivity index (χ1v) is 6.59. The lowest BCUT2D eigenvalue weighted by atomic mass is 10.2. The van der Waals surface area contributed by atoms with Crippen LogP contribution in [0.25, 0.3) is 0 Å². The highest BCUT2D eigenvalue weighted by Crippen LogP contribution is 2.14. The van der Waals surface area contributed by atoms with Gasteiger partial charge in [-0.05, 0) is 19.8 Å². The summed E-state index contributed by atoms with van der Waals surface area (Å²) in [4.78, 5) is 11.7. The van der Waals surface area contributed by atoms with Crippen molar-refractivity contribution < 1.29 is 19.0 Å². The Hall–Kier alpha value is -1.40. The lowest BCUT2D eigenvalue weighted by Crippen LogP contribution is -2.15. The van der Waals surface area contributed by atoms with Gasteiger partial charge >= 0.3 is 5.97 Å². The van der Waals surface area contributed by atoms with Crippen LogP contribution in [0.1, 0.15) is 35.8 Å². The molecule has 1 aromatic rings. The monoisotopic (exact) mass is 268 g/mol. The number of esters is 1. The maximum Gasteiger partial charge on any atom is 0.341 e. The molecular formula is C13H20N2O4. The first kappa shape index (κ1) is 14.0. The third-order valence-electron chi connectivity index (χ3n) is 2.97. The summed E-state index contributed by atoms with van der Waals surface area (Å²) in [5.41, 5.74) is 1.08. The summed E-state index contributed by atoms with van der Waals surface area (Å²) >= 11 is 0. The first-order valence-electron chi connectivity index (χ1n) is 6.59. The number of hydrogen-bond acceptors (Lipinski definition) is 5. The lowest BCUT2D eigenvalue weighted by molar-refractivity contribution is 0.00909. The Morgan fingerprint density at radius 3 is 3.16 bits per heavy atom. The largest absolute Gasteiger partial charge is 0.462 e. The minimum Gasteiger partial charge on any atom is -0.462 e. The van der Waals surface area contributed by atoms with E-state index in [1.165, 1.54) is 0 Å². The molecular weight excluding hydrogens is 248 g/mol. The van der Waals surface area contributed by atoms with Gasteiger partial charge in [-0.2, -0.15) is 5.10 Å². The Balaban J connectivity index is 1.89. The molecule has 1 aliphatic rings. The molecule has 1 saturated heterocycles. The quantitative estimate of drug-likeness (QED) is 0.728. The zero-order valence-corrected chi connectivity index (χ0v) is 11.4. The van der Waals surface area contributed by atoms with Crippen LogP contribution in [-0.2, 0) is 27.9 Å². The zero-order chi connectivity index (χ0) is 13.7. The van der Waals surface area contributed by atoms with E-state index in [1.807, 2.05) is 0 Å². The number of rotatable bonds is 6. The van der Waals surface area contributed by atoms with Crippen LogP contribution in [0.2, 0.25) is 0 Å². The van der Waals surface area contributed by atoms with Gasteiger partial charge in [0, 0.05) is 19.9 Å². The van der Waals surface area contributed by atoms with Gasteiger partial charge in [-0.15, -0.1) is 0 Å². The Labute approximate surface area is 112 Å². The van der Waals surface area contributed by atoms with Gasteiger partial charge in [0.2, 0.25) is 0 Å². The molecule has 0 aliphatic carbocycles. The van der Waals surface area contributed by atoms with Gasteiger partial charge in [0.15, 0.2) is 0 Å². The SMILES string of the molecule is CCOC(=O)c1cn(C)nc1COCC1CCCO1. The van der Waals surface area contributed by atoms with Crippen LogP contribution in [0.5, 0.6) is 0 Å². The second-order valence-electron chi connectivity index (χ2n) is 4.53. The summed E-state index contributed by atoms with van der Waals surface area (Å²) in [7, 11) is 1.77. The van der Waals surface area contributed by atoms with Crippen LogP contribution in [0.15, 0.2) is 6.20 Å². The average molecular weight is 268 g/mol. The standard InChI is InChI=1S/C13H20N2O4/c1-3-18-13(16)11-7-15(2)14-12(11)9-17-8-10-5-4-6-19-10/h7,10H,3-6,8-9H2,1-2H3. The molecule has 1 aliphatic heterocycles. The Kier molecular flexibility index (Phi) is 4.93. The number of nitrogens with zero attached hydrogens (tertiary/aromatic N) is 2. The third-order valence-corrected chi connectivity index (χ3v) is 2.97. The van der Waals surface area contributed by atoms with E-state index < -0.39 is 0 Å². The molecule has 0 aromatic carbocycles. The summed E-state index contributed by atoms with van der Waals surface area (Å²) in [6.45, 7) is 3.78. The van der Waals surface area contributed by atoms with Crippen molar-refractivity contribution in [3.05, 3.63) is 17.5 Å². The summed E-state index contributed by atoms with van der Waals surface area (Å²) in [6, 6.07) is 0. The maximum atomic E-state index is 11.7. The van der Waals surface area contributed by atoms with Crippen molar-refractivity contribution in [3.63, 3.8) is 0 Å². The van der Waals surface area contributed by atoms with Crippen molar-refractivity contribution in [2.24, 2.45) is 7.05 Å². The van der Waals surface area contributed by atoms with Crippen molar-refractivity contribution in [3.8, 4) is 0 Å². The minimum absolute atomic E-state index is 0.176. The van der Waals surface area contributed by atoms with E-state index >= 15 is 0 Å². The number of ether oxygens (including phenoxy) is 3. The van der Waals surface area contributed by atoms with Crippen molar-refractivity contribution in [1.29, 1.82) is 0 Å². The van der Waals surface area contributed by atoms with Crippen LogP contribution in [0, 0.1) is 0 Å². The molecule has 0 bridgehead atoms. The summed E-state index contributed by atoms with van der Waals surface area (Å²) in [5.74, 6) is -0.355. The van der Waals surface area contributed by atoms with Crippen molar-refractivity contribution >= 4 is 5.97 Å². The van der Waals surface area contributed by atoms with E-state index in [2.05, 4.69) is 5.10 Å². The van der Waals surface area contributed by atoms with Crippen molar-refractivity contribution in [1.82, 2.24) is 9.78 Å². The smallest absolute Gasteiger partial charge is 0.341 e. The Morgan fingerprint density at radius 1 is 1.63 bits per heavy atom. The molecule has 0 radical (unpaired) electrons. The number of carbonyl (C=O) groups is 1. The van der Waals surface area contributed by atoms with Gasteiger partial charge in [0.05, 0.1) is 25.9 Å². The van der Waals surface area contributed by atoms with E-state index in [1.54, 1.807) is 24.9 Å². The normalized spacial score (nSPS) is 18.7. The van der Waals surface area contributed by atoms with Crippen LogP contribution in [-0.4, -0.2) is 41.7 Å². The first-order chi connectivity index (χ1) is 9.20. The molecule has 0 saturated carbocycles. The topological polar surface area (TPSA) is 62.6 Å². The zero-order valence-electron chi connectivity index (χ0n) is 11.4. The summed E-state index contributed by atoms with van der Waals surface area (Å²) in [5, 5.41) is 4.23. The molecule has 0 spiro atoms. The van der Waals surface area contributed by atoms with Gasteiger partial charge in [0.25, 0.3) is 0 Å². The fourth-order valence-corrected chi connectivity index (χ4v) is 2.08. The van der Waals surface area contributed by atoms with Gasteiger partial charge in [-0.1, -0.05) is 0 Å². The maximum absolute atomic E-state index is 11.7. The fraction of sp³-hybridized carbons (Fsp3) is 0.692. The third kappa shape index (κ3) is 3.78. The summed E-state index contributed by atoms with van der Waals surface area (Å²) < 4.78 is 17.6. The predicted octanol–water partition coefficient (Wildman–Crippen LogP) is 1.29. The van der Waals surface area contributed by atoms with Crippen LogP contribution in [0.3, 0.4) is 0 Å². The van der Waals surface area contributed by atoms with E-state index in [4.69, 9.17) is 14.2 Å². The molecule has 1 aromatic heterocycles. The van der Waals surface area contributed by atoms with E-state index in [0.717, 1.165) is 19.4 Å². The predicted molar refractivity (Wildman–Crippen MR) is 67.8 cm³/mol. The van der Waals surface area contributed by atoms with Crippen LogP contribution < -0.4 is 0 Å². The molecule has 6 nitrogen and oxygen atoms in total. The van der Waals surface area contributed by atoms with E-state index in [-0.39, 0.29) is 12.1 Å². The van der Waals surface area contributed by atoms with Crippen molar-refractivity contribution in [2.75, 3.05) is 19.8 Å². The molecule has 1 unspecified atom stereocenters. The Morgan fingerprint density at radius 2 is 2.47 bits per heavy atom. The van der Waals surface area contributed by atoms with Crippen LogP contribution >= 0.6 is 0 Å². The molecule has 0 N–H and O–H groups in total. The highest BCUT2D eigenvalue weighted by molar-refractivity contribution is 5.90. The second kappa shape index (κ2) is 6.68. The molecule has 2 rings (SSSR count). The minimum atomic E-state index is -0.355. The van der Waals surface area contributed by atoms with Crippen molar-refractivity contribution in [2.45, 2.75) is 32.5 Å². The molecule has 1 atom stereocenters. The molecule has 2 heterocycles. The molecule has 6 heteroatoms. The van der Waals surface area contributed by atoms with Crippen LogP contribution in [0.4, 0.5) is 0 Å². The Bertz CT molecular complexity index is 424. The second-order valence-corrected chi connectivity index (χ2v) is 4.53. The lowest BCUT2D eigenvalue weighted by Gasteiger charge is -2.09. The van der Waals surface area contributed by atoms with Gasteiger partial charge in [0.1, 0.15) is 11.3 Å². The molecule has 106 valence electrons. The molecule has 0 amide bonds. The van der Waals surface area contributed by atoms with Gasteiger partial charge in [-0.3, -0.25) is 4.68 Å². The fourth-order valence-electron chi connectivity index (χ4n) is 2.08. The highest BCUT2D eigenvalue weighted by Gasteiger charge is 2.19. The van der Waals surface area contributed by atoms with Gasteiger partial charge in [-0.25, -0.2) is 4.79 Å². The molecule has 1 fully saturated rings. The number of hydrogen-bond donors (Lipinski definition) is 0. The van der Waals surface area contributed by atoms with E-state index in [0.29, 0.717) is 31.1 Å². The number of carbonyl (C=O) groups excluding carboxylic acids is 1. The number of aryl methyl sites for hydroxylation is 1.